The quantitative estimate of drug-likeness (QED) is 0.943. The predicted octanol–water partition coefficient (Wildman–Crippen LogP) is 3.38. The molecule has 1 aromatic heterocycles. The molecule has 0 spiro atoms. The molecule has 1 aromatic carbocycles. The molecule has 0 aliphatic rings. The number of rotatable bonds is 3. The molecule has 0 aliphatic heterocycles. The third-order valence-corrected chi connectivity index (χ3v) is 3.79. The summed E-state index contributed by atoms with van der Waals surface area (Å²) in [4.78, 5) is 4.58. The van der Waals surface area contributed by atoms with Crippen molar-refractivity contribution >= 4 is 27.3 Å². The van der Waals surface area contributed by atoms with Crippen LogP contribution < -0.4 is 5.73 Å². The molecule has 84 valence electrons. The molecule has 0 fully saturated rings. The fraction of sp³-hybridized carbons (Fsp3) is 0.250. The number of halogens is 1. The van der Waals surface area contributed by atoms with Crippen LogP contribution in [0.2, 0.25) is 0 Å². The Kier molecular flexibility index (Phi) is 3.74. The Morgan fingerprint density at radius 3 is 2.94 bits per heavy atom. The molecule has 0 bridgehead atoms. The van der Waals surface area contributed by atoms with Crippen molar-refractivity contribution in [3.63, 3.8) is 0 Å². The maximum Gasteiger partial charge on any atom is 0.123 e. The van der Waals surface area contributed by atoms with Crippen LogP contribution in [0, 0.1) is 6.92 Å². The van der Waals surface area contributed by atoms with Crippen molar-refractivity contribution in [1.82, 2.24) is 4.98 Å². The molecule has 1 heterocycles. The molecular weight excluding hydrogens is 284 g/mol. The van der Waals surface area contributed by atoms with Gasteiger partial charge < -0.3 is 5.73 Å². The van der Waals surface area contributed by atoms with Gasteiger partial charge in [-0.15, -0.1) is 11.3 Å². The highest BCUT2D eigenvalue weighted by Gasteiger charge is 2.07. The second-order valence-electron chi connectivity index (χ2n) is 3.64. The second kappa shape index (κ2) is 5.08. The van der Waals surface area contributed by atoms with E-state index in [4.69, 9.17) is 5.73 Å². The van der Waals surface area contributed by atoms with Gasteiger partial charge in [0, 0.05) is 21.8 Å². The summed E-state index contributed by atoms with van der Waals surface area (Å²) in [7, 11) is 0. The summed E-state index contributed by atoms with van der Waals surface area (Å²) >= 11 is 5.15. The fourth-order valence-corrected chi connectivity index (χ4v) is 2.98. The fourth-order valence-electron chi connectivity index (χ4n) is 1.56. The summed E-state index contributed by atoms with van der Waals surface area (Å²) in [6, 6.07) is 6.26. The van der Waals surface area contributed by atoms with Crippen molar-refractivity contribution in [2.45, 2.75) is 13.3 Å². The molecule has 0 radical (unpaired) electrons. The normalized spacial score (nSPS) is 10.7. The Morgan fingerprint density at radius 2 is 2.25 bits per heavy atom. The zero-order valence-corrected chi connectivity index (χ0v) is 11.4. The summed E-state index contributed by atoms with van der Waals surface area (Å²) in [5.74, 6) is 0. The van der Waals surface area contributed by atoms with Crippen molar-refractivity contribution in [1.29, 1.82) is 0 Å². The number of hydrogen-bond donors (Lipinski definition) is 1. The number of aromatic nitrogens is 1. The summed E-state index contributed by atoms with van der Waals surface area (Å²) in [5, 5.41) is 3.16. The average Bonchev–Trinajstić information content (AvgIpc) is 2.67. The van der Waals surface area contributed by atoms with Gasteiger partial charge in [0.15, 0.2) is 0 Å². The summed E-state index contributed by atoms with van der Waals surface area (Å²) < 4.78 is 1.10. The number of benzene rings is 1. The highest BCUT2D eigenvalue weighted by molar-refractivity contribution is 9.10. The Balaban J connectivity index is 2.35. The van der Waals surface area contributed by atoms with Crippen molar-refractivity contribution in [2.75, 3.05) is 6.54 Å². The topological polar surface area (TPSA) is 38.9 Å². The van der Waals surface area contributed by atoms with Crippen LogP contribution in [0.4, 0.5) is 0 Å². The smallest absolute Gasteiger partial charge is 0.123 e. The molecule has 0 atom stereocenters. The maximum atomic E-state index is 5.52. The second-order valence-corrected chi connectivity index (χ2v) is 5.42. The SMILES string of the molecule is Cc1cc(Br)ccc1-c1nc(CCN)cs1. The van der Waals surface area contributed by atoms with E-state index in [-0.39, 0.29) is 0 Å². The number of hydrogen-bond acceptors (Lipinski definition) is 3. The van der Waals surface area contributed by atoms with Gasteiger partial charge in [-0.25, -0.2) is 4.98 Å². The van der Waals surface area contributed by atoms with Crippen LogP contribution in [0.3, 0.4) is 0 Å². The molecule has 0 saturated heterocycles. The molecule has 2 nitrogen and oxygen atoms in total. The molecule has 0 unspecified atom stereocenters. The number of thiazole rings is 1. The first kappa shape index (κ1) is 11.8. The molecule has 2 aromatic rings. The van der Waals surface area contributed by atoms with Crippen molar-refractivity contribution in [3.05, 3.63) is 39.3 Å². The maximum absolute atomic E-state index is 5.52. The van der Waals surface area contributed by atoms with Crippen LogP contribution in [-0.4, -0.2) is 11.5 Å². The average molecular weight is 297 g/mol. The summed E-state index contributed by atoms with van der Waals surface area (Å²) in [6.07, 6.45) is 0.853. The Hall–Kier alpha value is -0.710. The molecule has 2 N–H and O–H groups in total. The van der Waals surface area contributed by atoms with Crippen molar-refractivity contribution in [3.8, 4) is 10.6 Å². The first-order chi connectivity index (χ1) is 7.70. The van der Waals surface area contributed by atoms with E-state index in [1.807, 2.05) is 6.07 Å². The molecular formula is C12H13BrN2S. The van der Waals surface area contributed by atoms with Gasteiger partial charge in [0.05, 0.1) is 5.69 Å². The van der Waals surface area contributed by atoms with Gasteiger partial charge in [-0.05, 0) is 31.2 Å². The zero-order chi connectivity index (χ0) is 11.5. The third kappa shape index (κ3) is 2.51. The van der Waals surface area contributed by atoms with Gasteiger partial charge in [0.1, 0.15) is 5.01 Å². The van der Waals surface area contributed by atoms with Gasteiger partial charge in [-0.2, -0.15) is 0 Å². The third-order valence-electron chi connectivity index (χ3n) is 2.37. The largest absolute Gasteiger partial charge is 0.330 e. The number of nitrogens with two attached hydrogens (primary N) is 1. The number of aryl methyl sites for hydroxylation is 1. The molecule has 2 rings (SSSR count). The molecule has 16 heavy (non-hydrogen) atoms. The minimum absolute atomic E-state index is 0.655. The molecule has 0 saturated carbocycles. The minimum Gasteiger partial charge on any atom is -0.330 e. The summed E-state index contributed by atoms with van der Waals surface area (Å²) in [6.45, 7) is 2.76. The highest BCUT2D eigenvalue weighted by atomic mass is 79.9. The monoisotopic (exact) mass is 296 g/mol. The zero-order valence-electron chi connectivity index (χ0n) is 9.03. The van der Waals surface area contributed by atoms with Gasteiger partial charge >= 0.3 is 0 Å². The standard InChI is InChI=1S/C12H13BrN2S/c1-8-6-9(13)2-3-11(8)12-15-10(4-5-14)7-16-12/h2-3,6-7H,4-5,14H2,1H3. The predicted molar refractivity (Wildman–Crippen MR) is 72.7 cm³/mol. The van der Waals surface area contributed by atoms with E-state index in [1.165, 1.54) is 11.1 Å². The first-order valence-electron chi connectivity index (χ1n) is 5.11. The van der Waals surface area contributed by atoms with Crippen LogP contribution in [-0.2, 0) is 6.42 Å². The lowest BCUT2D eigenvalue weighted by Crippen LogP contribution is -2.02. The Bertz CT molecular complexity index is 494. The van der Waals surface area contributed by atoms with E-state index in [0.29, 0.717) is 6.54 Å². The van der Waals surface area contributed by atoms with E-state index < -0.39 is 0 Å². The van der Waals surface area contributed by atoms with E-state index in [0.717, 1.165) is 21.6 Å². The van der Waals surface area contributed by atoms with Crippen LogP contribution in [0.25, 0.3) is 10.6 Å². The molecule has 0 aliphatic carbocycles. The van der Waals surface area contributed by atoms with Gasteiger partial charge in [0.25, 0.3) is 0 Å². The minimum atomic E-state index is 0.655. The van der Waals surface area contributed by atoms with Crippen LogP contribution >= 0.6 is 27.3 Å². The van der Waals surface area contributed by atoms with E-state index >= 15 is 0 Å². The first-order valence-corrected chi connectivity index (χ1v) is 6.79. The van der Waals surface area contributed by atoms with Crippen molar-refractivity contribution < 1.29 is 0 Å². The van der Waals surface area contributed by atoms with Crippen LogP contribution in [0.5, 0.6) is 0 Å². The molecule has 4 heteroatoms. The van der Waals surface area contributed by atoms with E-state index in [2.05, 4.69) is 45.4 Å². The van der Waals surface area contributed by atoms with Gasteiger partial charge in [0.2, 0.25) is 0 Å². The van der Waals surface area contributed by atoms with Crippen LogP contribution in [0.1, 0.15) is 11.3 Å². The van der Waals surface area contributed by atoms with E-state index in [9.17, 15) is 0 Å². The van der Waals surface area contributed by atoms with Crippen LogP contribution in [0.15, 0.2) is 28.1 Å². The highest BCUT2D eigenvalue weighted by Crippen LogP contribution is 2.28. The Labute approximate surface area is 108 Å². The van der Waals surface area contributed by atoms with Crippen molar-refractivity contribution in [2.24, 2.45) is 5.73 Å². The lowest BCUT2D eigenvalue weighted by molar-refractivity contribution is 0.936. The van der Waals surface area contributed by atoms with Gasteiger partial charge in [-0.1, -0.05) is 22.0 Å². The lowest BCUT2D eigenvalue weighted by Gasteiger charge is -2.02. The summed E-state index contributed by atoms with van der Waals surface area (Å²) in [5.41, 5.74) is 9.05. The molecule has 0 amide bonds. The lowest BCUT2D eigenvalue weighted by atomic mass is 10.1. The van der Waals surface area contributed by atoms with E-state index in [1.54, 1.807) is 11.3 Å². The Morgan fingerprint density at radius 1 is 1.44 bits per heavy atom. The van der Waals surface area contributed by atoms with Gasteiger partial charge in [-0.3, -0.25) is 0 Å². The number of nitrogens with zero attached hydrogens (tertiary/aromatic N) is 1.